The van der Waals surface area contributed by atoms with Gasteiger partial charge in [0, 0.05) is 11.5 Å². The van der Waals surface area contributed by atoms with E-state index in [-0.39, 0.29) is 23.1 Å². The minimum atomic E-state index is -0.514. The Kier molecular flexibility index (Phi) is 4.80. The number of benzene rings is 2. The molecule has 1 amide bonds. The first-order valence-electron chi connectivity index (χ1n) is 9.08. The summed E-state index contributed by atoms with van der Waals surface area (Å²) in [4.78, 5) is 14.7. The Labute approximate surface area is 155 Å². The summed E-state index contributed by atoms with van der Waals surface area (Å²) >= 11 is 0. The summed E-state index contributed by atoms with van der Waals surface area (Å²) < 4.78 is 0. The van der Waals surface area contributed by atoms with E-state index in [1.165, 1.54) is 5.56 Å². The lowest BCUT2D eigenvalue weighted by Gasteiger charge is -2.30. The highest BCUT2D eigenvalue weighted by Gasteiger charge is 2.69. The van der Waals surface area contributed by atoms with Crippen LogP contribution in [0.2, 0.25) is 0 Å². The number of likely N-dealkylation sites (N-methyl/N-ethyl adjacent to an activating group) is 1. The molecule has 0 radical (unpaired) electrons. The van der Waals surface area contributed by atoms with Gasteiger partial charge in [0.1, 0.15) is 5.75 Å². The quantitative estimate of drug-likeness (QED) is 0.805. The van der Waals surface area contributed by atoms with E-state index in [0.717, 1.165) is 24.8 Å². The molecule has 4 nitrogen and oxygen atoms in total. The van der Waals surface area contributed by atoms with Gasteiger partial charge in [-0.1, -0.05) is 49.4 Å². The van der Waals surface area contributed by atoms with Gasteiger partial charge >= 0.3 is 0 Å². The van der Waals surface area contributed by atoms with Gasteiger partial charge < -0.3 is 15.7 Å². The first-order chi connectivity index (χ1) is 12.3. The fourth-order valence-electron chi connectivity index (χ4n) is 4.24. The first-order valence-corrected chi connectivity index (χ1v) is 9.08. The number of amides is 1. The lowest BCUT2D eigenvalue weighted by Crippen LogP contribution is -2.40. The van der Waals surface area contributed by atoms with Crippen LogP contribution in [0.15, 0.2) is 54.6 Å². The Balaban J connectivity index is 1.84. The molecule has 2 unspecified atom stereocenters. The maximum Gasteiger partial charge on any atom is 0.224 e. The van der Waals surface area contributed by atoms with Gasteiger partial charge in [-0.05, 0) is 56.6 Å². The predicted octanol–water partition coefficient (Wildman–Crippen LogP) is 3.09. The molecule has 2 aromatic carbocycles. The molecule has 3 rings (SSSR count). The van der Waals surface area contributed by atoms with Gasteiger partial charge in [-0.3, -0.25) is 4.79 Å². The van der Waals surface area contributed by atoms with E-state index in [1.54, 1.807) is 12.1 Å². The van der Waals surface area contributed by atoms with E-state index in [1.807, 2.05) is 44.4 Å². The second-order valence-electron chi connectivity index (χ2n) is 8.01. The first kappa shape index (κ1) is 18.5. The standard InChI is InChI=1S/C22H28N2O2/c1-21(17-7-5-4-6-8-17)15-22(21,20(23)26)14-18(24(2)3)13-16-9-11-19(25)12-10-16/h4-12,18,25H,13-15H2,1-3H3,(H2,23,26)/t18-,21?,22?/m0/s1. The van der Waals surface area contributed by atoms with Crippen LogP contribution in [-0.2, 0) is 16.6 Å². The summed E-state index contributed by atoms with van der Waals surface area (Å²) in [6, 6.07) is 17.7. The third kappa shape index (κ3) is 3.21. The maximum absolute atomic E-state index is 12.5. The van der Waals surface area contributed by atoms with Crippen molar-refractivity contribution in [2.45, 2.75) is 37.6 Å². The molecular weight excluding hydrogens is 324 g/mol. The van der Waals surface area contributed by atoms with Crippen LogP contribution in [0.5, 0.6) is 5.75 Å². The molecule has 1 fully saturated rings. The number of phenols is 1. The van der Waals surface area contributed by atoms with Gasteiger partial charge in [-0.15, -0.1) is 0 Å². The van der Waals surface area contributed by atoms with Crippen molar-refractivity contribution in [3.8, 4) is 5.75 Å². The smallest absolute Gasteiger partial charge is 0.224 e. The minimum absolute atomic E-state index is 0.192. The zero-order valence-electron chi connectivity index (χ0n) is 15.8. The van der Waals surface area contributed by atoms with E-state index >= 15 is 0 Å². The SMILES string of the molecule is CN(C)[C@@H](Cc1ccc(O)cc1)CC1(C(N)=O)CC1(C)c1ccccc1. The normalized spacial score (nSPS) is 25.8. The van der Waals surface area contributed by atoms with Crippen LogP contribution in [0.1, 0.15) is 30.9 Å². The largest absolute Gasteiger partial charge is 0.508 e. The average Bonchev–Trinajstić information content (AvgIpc) is 3.24. The summed E-state index contributed by atoms with van der Waals surface area (Å²) in [7, 11) is 4.09. The van der Waals surface area contributed by atoms with Gasteiger partial charge in [0.2, 0.25) is 5.91 Å². The highest BCUT2D eigenvalue weighted by molar-refractivity contribution is 5.87. The highest BCUT2D eigenvalue weighted by Crippen LogP contribution is 2.67. The summed E-state index contributed by atoms with van der Waals surface area (Å²) in [6.45, 7) is 2.15. The summed E-state index contributed by atoms with van der Waals surface area (Å²) in [5.41, 5.74) is 7.52. The van der Waals surface area contributed by atoms with Gasteiger partial charge in [-0.25, -0.2) is 0 Å². The number of nitrogens with two attached hydrogens (primary N) is 1. The fraction of sp³-hybridized carbons (Fsp3) is 0.409. The van der Waals surface area contributed by atoms with Crippen LogP contribution in [0.25, 0.3) is 0 Å². The summed E-state index contributed by atoms with van der Waals surface area (Å²) in [5, 5.41) is 9.49. The van der Waals surface area contributed by atoms with E-state index < -0.39 is 5.41 Å². The molecule has 0 bridgehead atoms. The molecule has 0 saturated heterocycles. The minimum Gasteiger partial charge on any atom is -0.508 e. The number of carbonyl (C=O) groups excluding carboxylic acids is 1. The molecule has 1 saturated carbocycles. The van der Waals surface area contributed by atoms with Crippen molar-refractivity contribution in [1.82, 2.24) is 4.90 Å². The van der Waals surface area contributed by atoms with Crippen molar-refractivity contribution in [3.05, 3.63) is 65.7 Å². The number of rotatable bonds is 7. The number of aromatic hydroxyl groups is 1. The lowest BCUT2D eigenvalue weighted by atomic mass is 9.81. The van der Waals surface area contributed by atoms with Crippen LogP contribution < -0.4 is 5.73 Å². The Morgan fingerprint density at radius 3 is 2.31 bits per heavy atom. The molecule has 3 atom stereocenters. The molecule has 4 heteroatoms. The topological polar surface area (TPSA) is 66.6 Å². The second kappa shape index (κ2) is 6.76. The molecule has 138 valence electrons. The maximum atomic E-state index is 12.5. The van der Waals surface area contributed by atoms with E-state index in [2.05, 4.69) is 24.0 Å². The van der Waals surface area contributed by atoms with Crippen molar-refractivity contribution < 1.29 is 9.90 Å². The van der Waals surface area contributed by atoms with E-state index in [4.69, 9.17) is 5.73 Å². The molecule has 2 aromatic rings. The molecule has 1 aliphatic rings. The average molecular weight is 352 g/mol. The Bertz CT molecular complexity index is 772. The van der Waals surface area contributed by atoms with E-state index in [0.29, 0.717) is 0 Å². The predicted molar refractivity (Wildman–Crippen MR) is 104 cm³/mol. The van der Waals surface area contributed by atoms with Crippen molar-refractivity contribution in [2.24, 2.45) is 11.1 Å². The number of hydrogen-bond donors (Lipinski definition) is 2. The number of phenolic OH excluding ortho intramolecular Hbond substituents is 1. The van der Waals surface area contributed by atoms with Gasteiger partial charge in [0.05, 0.1) is 5.41 Å². The van der Waals surface area contributed by atoms with Crippen LogP contribution in [0.4, 0.5) is 0 Å². The van der Waals surface area contributed by atoms with E-state index in [9.17, 15) is 9.90 Å². The van der Waals surface area contributed by atoms with Gasteiger partial charge in [-0.2, -0.15) is 0 Å². The number of carbonyl (C=O) groups is 1. The monoisotopic (exact) mass is 352 g/mol. The molecule has 3 N–H and O–H groups in total. The van der Waals surface area contributed by atoms with Crippen molar-refractivity contribution >= 4 is 5.91 Å². The molecule has 0 aliphatic heterocycles. The number of hydrogen-bond acceptors (Lipinski definition) is 3. The van der Waals surface area contributed by atoms with Gasteiger partial charge in [0.15, 0.2) is 0 Å². The third-order valence-electron chi connectivity index (χ3n) is 6.19. The summed E-state index contributed by atoms with van der Waals surface area (Å²) in [6.07, 6.45) is 2.33. The molecule has 1 aliphatic carbocycles. The highest BCUT2D eigenvalue weighted by atomic mass is 16.3. The van der Waals surface area contributed by atoms with Crippen molar-refractivity contribution in [3.63, 3.8) is 0 Å². The van der Waals surface area contributed by atoms with Crippen molar-refractivity contribution in [2.75, 3.05) is 14.1 Å². The van der Waals surface area contributed by atoms with Crippen molar-refractivity contribution in [1.29, 1.82) is 0 Å². The zero-order chi connectivity index (χ0) is 18.9. The second-order valence-corrected chi connectivity index (χ2v) is 8.01. The van der Waals surface area contributed by atoms with Gasteiger partial charge in [0.25, 0.3) is 0 Å². The Hall–Kier alpha value is -2.33. The van der Waals surface area contributed by atoms with Crippen LogP contribution in [0, 0.1) is 5.41 Å². The lowest BCUT2D eigenvalue weighted by molar-refractivity contribution is -0.124. The molecule has 26 heavy (non-hydrogen) atoms. The molecule has 0 spiro atoms. The third-order valence-corrected chi connectivity index (χ3v) is 6.19. The Morgan fingerprint density at radius 2 is 1.77 bits per heavy atom. The van der Waals surface area contributed by atoms with Crippen LogP contribution >= 0.6 is 0 Å². The van der Waals surface area contributed by atoms with Crippen LogP contribution in [-0.4, -0.2) is 36.1 Å². The molecule has 0 aromatic heterocycles. The molecule has 0 heterocycles. The zero-order valence-corrected chi connectivity index (χ0v) is 15.8. The number of primary amides is 1. The Morgan fingerprint density at radius 1 is 1.15 bits per heavy atom. The number of nitrogens with zero attached hydrogens (tertiary/aromatic N) is 1. The molecular formula is C22H28N2O2. The fourth-order valence-corrected chi connectivity index (χ4v) is 4.24. The van der Waals surface area contributed by atoms with Crippen LogP contribution in [0.3, 0.4) is 0 Å². The summed E-state index contributed by atoms with van der Waals surface area (Å²) in [5.74, 6) is 0.0593.